The molecule has 108 valence electrons. The van der Waals surface area contributed by atoms with Crippen LogP contribution in [0.5, 0.6) is 0 Å². The smallest absolute Gasteiger partial charge is 0.0491 e. The number of hydrogen-bond donors (Lipinski definition) is 1. The Kier molecular flexibility index (Phi) is 3.46. The largest absolute Gasteiger partial charge is 0.314 e. The van der Waals surface area contributed by atoms with Gasteiger partial charge in [0, 0.05) is 43.2 Å². The fraction of sp³-hybridized carbons (Fsp3) is 0.333. The first-order valence-electron chi connectivity index (χ1n) is 7.62. The van der Waals surface area contributed by atoms with Crippen molar-refractivity contribution >= 4 is 11.6 Å². The zero-order valence-electron chi connectivity index (χ0n) is 11.9. The highest BCUT2D eigenvalue weighted by Gasteiger charge is 2.36. The predicted octanol–water partition coefficient (Wildman–Crippen LogP) is 3.43. The fourth-order valence-electron chi connectivity index (χ4n) is 3.76. The molecule has 0 amide bonds. The van der Waals surface area contributed by atoms with Crippen LogP contribution in [-0.4, -0.2) is 31.1 Å². The Hall–Kier alpha value is -1.35. The van der Waals surface area contributed by atoms with E-state index < -0.39 is 0 Å². The molecule has 21 heavy (non-hydrogen) atoms. The van der Waals surface area contributed by atoms with E-state index in [0.717, 1.165) is 31.2 Å². The minimum absolute atomic E-state index is 0.419. The lowest BCUT2D eigenvalue weighted by atomic mass is 9.80. The number of nitrogens with one attached hydrogen (secondary N) is 1. The van der Waals surface area contributed by atoms with Crippen molar-refractivity contribution in [1.82, 2.24) is 10.2 Å². The van der Waals surface area contributed by atoms with Crippen molar-refractivity contribution in [2.75, 3.05) is 26.2 Å². The van der Waals surface area contributed by atoms with Gasteiger partial charge < -0.3 is 5.32 Å². The monoisotopic (exact) mass is 298 g/mol. The molecule has 1 saturated heterocycles. The molecule has 0 unspecified atom stereocenters. The van der Waals surface area contributed by atoms with Crippen LogP contribution in [0.25, 0.3) is 0 Å². The summed E-state index contributed by atoms with van der Waals surface area (Å²) in [6.45, 7) is 4.25. The van der Waals surface area contributed by atoms with Gasteiger partial charge in [-0.3, -0.25) is 4.90 Å². The molecule has 2 aromatic rings. The number of nitrogens with zero attached hydrogens (tertiary/aromatic N) is 1. The van der Waals surface area contributed by atoms with Crippen LogP contribution >= 0.6 is 11.6 Å². The summed E-state index contributed by atoms with van der Waals surface area (Å²) in [7, 11) is 0. The topological polar surface area (TPSA) is 15.3 Å². The number of rotatable bonds is 1. The number of fused-ring (bicyclic) bond motifs is 3. The van der Waals surface area contributed by atoms with E-state index in [1.54, 1.807) is 0 Å². The molecule has 1 fully saturated rings. The van der Waals surface area contributed by atoms with Crippen molar-refractivity contribution in [3.05, 3.63) is 70.2 Å². The average Bonchev–Trinajstić information content (AvgIpc) is 2.55. The van der Waals surface area contributed by atoms with E-state index >= 15 is 0 Å². The molecule has 0 aliphatic carbocycles. The van der Waals surface area contributed by atoms with Gasteiger partial charge in [0.05, 0.1) is 0 Å². The van der Waals surface area contributed by atoms with E-state index in [4.69, 9.17) is 11.6 Å². The van der Waals surface area contributed by atoms with Crippen LogP contribution in [0, 0.1) is 0 Å². The maximum atomic E-state index is 6.56. The Morgan fingerprint density at radius 2 is 1.90 bits per heavy atom. The van der Waals surface area contributed by atoms with Gasteiger partial charge in [0.25, 0.3) is 0 Å². The quantitative estimate of drug-likeness (QED) is 0.868. The molecule has 0 bridgehead atoms. The van der Waals surface area contributed by atoms with E-state index in [2.05, 4.69) is 52.7 Å². The summed E-state index contributed by atoms with van der Waals surface area (Å²) in [6.07, 6.45) is 0. The Morgan fingerprint density at radius 1 is 1.05 bits per heavy atom. The van der Waals surface area contributed by atoms with Gasteiger partial charge in [-0.15, -0.1) is 0 Å². The van der Waals surface area contributed by atoms with Crippen molar-refractivity contribution in [3.8, 4) is 0 Å². The summed E-state index contributed by atoms with van der Waals surface area (Å²) in [5.74, 6) is 0.425. The van der Waals surface area contributed by atoms with Gasteiger partial charge in [-0.2, -0.15) is 0 Å². The van der Waals surface area contributed by atoms with Crippen LogP contribution in [0.15, 0.2) is 48.5 Å². The van der Waals surface area contributed by atoms with Crippen LogP contribution in [0.1, 0.15) is 28.7 Å². The number of piperazine rings is 1. The molecule has 3 heteroatoms. The normalized spacial score (nSPS) is 25.2. The minimum atomic E-state index is 0.419. The Bertz CT molecular complexity index is 641. The third-order valence-corrected chi connectivity index (χ3v) is 5.10. The van der Waals surface area contributed by atoms with Crippen molar-refractivity contribution in [2.45, 2.75) is 12.0 Å². The van der Waals surface area contributed by atoms with Crippen molar-refractivity contribution in [3.63, 3.8) is 0 Å². The van der Waals surface area contributed by atoms with E-state index in [9.17, 15) is 0 Å². The lowest BCUT2D eigenvalue weighted by Crippen LogP contribution is -2.50. The summed E-state index contributed by atoms with van der Waals surface area (Å²) in [4.78, 5) is 2.59. The summed E-state index contributed by atoms with van der Waals surface area (Å²) in [6, 6.07) is 17.6. The minimum Gasteiger partial charge on any atom is -0.314 e. The Morgan fingerprint density at radius 3 is 2.76 bits per heavy atom. The standard InChI is InChI=1S/C18H19ClN2/c19-16-8-4-7-14-15(13-5-2-1-3-6-13)12-21-10-9-20-11-17(21)18(14)16/h1-8,15,17,20H,9-12H2/t15-,17-/m1/s1. The third kappa shape index (κ3) is 2.28. The number of benzene rings is 2. The highest BCUT2D eigenvalue weighted by atomic mass is 35.5. The molecule has 2 nitrogen and oxygen atoms in total. The van der Waals surface area contributed by atoms with Crippen LogP contribution in [0.3, 0.4) is 0 Å². The average molecular weight is 299 g/mol. The second-order valence-electron chi connectivity index (χ2n) is 5.92. The van der Waals surface area contributed by atoms with Gasteiger partial charge in [-0.05, 0) is 22.8 Å². The Labute approximate surface area is 130 Å². The molecular weight excluding hydrogens is 280 g/mol. The Balaban J connectivity index is 1.85. The van der Waals surface area contributed by atoms with Crippen molar-refractivity contribution in [1.29, 1.82) is 0 Å². The molecule has 2 aliphatic rings. The lowest BCUT2D eigenvalue weighted by Gasteiger charge is -2.44. The maximum Gasteiger partial charge on any atom is 0.0491 e. The summed E-state index contributed by atoms with van der Waals surface area (Å²) in [5.41, 5.74) is 4.11. The summed E-state index contributed by atoms with van der Waals surface area (Å²) < 4.78 is 0. The van der Waals surface area contributed by atoms with E-state index in [1.165, 1.54) is 16.7 Å². The molecule has 2 aromatic carbocycles. The van der Waals surface area contributed by atoms with Gasteiger partial charge in [-0.25, -0.2) is 0 Å². The van der Waals surface area contributed by atoms with E-state index in [0.29, 0.717) is 12.0 Å². The molecule has 2 atom stereocenters. The molecule has 0 radical (unpaired) electrons. The van der Waals surface area contributed by atoms with Crippen LogP contribution in [0.4, 0.5) is 0 Å². The molecule has 0 saturated carbocycles. The van der Waals surface area contributed by atoms with Crippen molar-refractivity contribution < 1.29 is 0 Å². The second kappa shape index (κ2) is 5.45. The van der Waals surface area contributed by atoms with Gasteiger partial charge >= 0.3 is 0 Å². The highest BCUT2D eigenvalue weighted by molar-refractivity contribution is 6.31. The summed E-state index contributed by atoms with van der Waals surface area (Å²) in [5, 5.41) is 4.42. The van der Waals surface area contributed by atoms with Crippen LogP contribution in [0.2, 0.25) is 5.02 Å². The molecule has 1 N–H and O–H groups in total. The van der Waals surface area contributed by atoms with Gasteiger partial charge in [0.15, 0.2) is 0 Å². The van der Waals surface area contributed by atoms with E-state index in [-0.39, 0.29) is 0 Å². The first kappa shape index (κ1) is 13.3. The van der Waals surface area contributed by atoms with Crippen LogP contribution in [-0.2, 0) is 0 Å². The molecule has 0 aromatic heterocycles. The lowest BCUT2D eigenvalue weighted by molar-refractivity contribution is 0.143. The molecule has 4 rings (SSSR count). The second-order valence-corrected chi connectivity index (χ2v) is 6.33. The first-order valence-corrected chi connectivity index (χ1v) is 8.00. The van der Waals surface area contributed by atoms with Gasteiger partial charge in [-0.1, -0.05) is 54.1 Å². The van der Waals surface area contributed by atoms with Crippen LogP contribution < -0.4 is 5.32 Å². The summed E-state index contributed by atoms with van der Waals surface area (Å²) >= 11 is 6.56. The fourth-order valence-corrected chi connectivity index (χ4v) is 4.07. The molecule has 2 aliphatic heterocycles. The third-order valence-electron chi connectivity index (χ3n) is 4.77. The van der Waals surface area contributed by atoms with Crippen molar-refractivity contribution in [2.24, 2.45) is 0 Å². The maximum absolute atomic E-state index is 6.56. The SMILES string of the molecule is Clc1cccc2c1[C@H]1CNCCN1C[C@@H]2c1ccccc1. The molecule has 0 spiro atoms. The number of halogens is 1. The highest BCUT2D eigenvalue weighted by Crippen LogP contribution is 2.42. The molecular formula is C18H19ClN2. The van der Waals surface area contributed by atoms with Gasteiger partial charge in [0.1, 0.15) is 0 Å². The predicted molar refractivity (Wildman–Crippen MR) is 86.9 cm³/mol. The molecule has 2 heterocycles. The first-order chi connectivity index (χ1) is 10.3. The zero-order chi connectivity index (χ0) is 14.2. The van der Waals surface area contributed by atoms with Gasteiger partial charge in [0.2, 0.25) is 0 Å². The van der Waals surface area contributed by atoms with E-state index in [1.807, 2.05) is 6.07 Å². The zero-order valence-corrected chi connectivity index (χ0v) is 12.7. The number of hydrogen-bond acceptors (Lipinski definition) is 2.